The number of aliphatic carboxylic acids is 1. The normalized spacial score (nSPS) is 17.6. The van der Waals surface area contributed by atoms with Crippen molar-refractivity contribution in [3.8, 4) is 11.1 Å². The fourth-order valence-electron chi connectivity index (χ4n) is 4.01. The first-order valence-corrected chi connectivity index (χ1v) is 10.7. The van der Waals surface area contributed by atoms with Crippen LogP contribution < -0.4 is 4.90 Å². The summed E-state index contributed by atoms with van der Waals surface area (Å²) >= 11 is 0. The Morgan fingerprint density at radius 2 is 1.77 bits per heavy atom. The second-order valence-corrected chi connectivity index (χ2v) is 9.99. The predicted molar refractivity (Wildman–Crippen MR) is 121 cm³/mol. The van der Waals surface area contributed by atoms with Crippen LogP contribution in [0.1, 0.15) is 64.8 Å². The number of aromatic nitrogens is 1. The SMILES string of the molecule is Cc1ncc(-c2ccccc2)c(N2CCC(C)(C)CC2)c1[C@H](OC(C)(C)C)C(=O)O. The number of benzene rings is 1. The van der Waals surface area contributed by atoms with Crippen LogP contribution in [0.2, 0.25) is 0 Å². The topological polar surface area (TPSA) is 62.7 Å². The average Bonchev–Trinajstić information content (AvgIpc) is 2.66. The van der Waals surface area contributed by atoms with Crippen LogP contribution in [0.15, 0.2) is 36.5 Å². The summed E-state index contributed by atoms with van der Waals surface area (Å²) in [6, 6.07) is 10.1. The Kier molecular flexibility index (Phi) is 6.23. The molecule has 1 fully saturated rings. The Hall–Kier alpha value is -2.40. The quantitative estimate of drug-likeness (QED) is 0.693. The lowest BCUT2D eigenvalue weighted by atomic mass is 9.82. The predicted octanol–water partition coefficient (Wildman–Crippen LogP) is 5.62. The molecule has 3 rings (SSSR count). The van der Waals surface area contributed by atoms with E-state index in [4.69, 9.17) is 4.74 Å². The Morgan fingerprint density at radius 3 is 2.30 bits per heavy atom. The maximum absolute atomic E-state index is 12.3. The summed E-state index contributed by atoms with van der Waals surface area (Å²) in [4.78, 5) is 19.3. The summed E-state index contributed by atoms with van der Waals surface area (Å²) in [6.45, 7) is 13.9. The van der Waals surface area contributed by atoms with Gasteiger partial charge in [0.2, 0.25) is 0 Å². The Labute approximate surface area is 180 Å². The molecule has 0 saturated carbocycles. The van der Waals surface area contributed by atoms with E-state index in [1.54, 1.807) is 0 Å². The van der Waals surface area contributed by atoms with Crippen molar-refractivity contribution < 1.29 is 14.6 Å². The lowest BCUT2D eigenvalue weighted by Crippen LogP contribution is -2.39. The molecule has 0 unspecified atom stereocenters. The van der Waals surface area contributed by atoms with Gasteiger partial charge in [-0.1, -0.05) is 44.2 Å². The number of piperidine rings is 1. The van der Waals surface area contributed by atoms with Gasteiger partial charge in [-0.3, -0.25) is 4.98 Å². The third-order valence-corrected chi connectivity index (χ3v) is 5.76. The number of carboxylic acid groups (broad SMARTS) is 1. The van der Waals surface area contributed by atoms with Crippen LogP contribution in [0.3, 0.4) is 0 Å². The van der Waals surface area contributed by atoms with Crippen molar-refractivity contribution >= 4 is 11.7 Å². The number of nitrogens with zero attached hydrogens (tertiary/aromatic N) is 2. The van der Waals surface area contributed by atoms with Crippen LogP contribution in [0, 0.1) is 12.3 Å². The zero-order valence-electron chi connectivity index (χ0n) is 19.0. The van der Waals surface area contributed by atoms with Gasteiger partial charge in [-0.25, -0.2) is 4.79 Å². The Balaban J connectivity index is 2.21. The van der Waals surface area contributed by atoms with Gasteiger partial charge < -0.3 is 14.7 Å². The van der Waals surface area contributed by atoms with E-state index in [-0.39, 0.29) is 0 Å². The lowest BCUT2D eigenvalue weighted by Gasteiger charge is -2.41. The van der Waals surface area contributed by atoms with E-state index in [2.05, 4.69) is 23.7 Å². The molecule has 1 atom stereocenters. The van der Waals surface area contributed by atoms with Crippen molar-refractivity contribution in [2.75, 3.05) is 18.0 Å². The van der Waals surface area contributed by atoms with Crippen LogP contribution >= 0.6 is 0 Å². The average molecular weight is 411 g/mol. The Bertz CT molecular complexity index is 891. The van der Waals surface area contributed by atoms with Gasteiger partial charge in [-0.2, -0.15) is 0 Å². The number of rotatable bonds is 5. The molecule has 1 saturated heterocycles. The summed E-state index contributed by atoms with van der Waals surface area (Å²) in [5.74, 6) is -0.987. The molecule has 5 nitrogen and oxygen atoms in total. The van der Waals surface area contributed by atoms with E-state index in [1.807, 2.05) is 64.2 Å². The summed E-state index contributed by atoms with van der Waals surface area (Å²) in [5, 5.41) is 10.1. The number of carboxylic acids is 1. The lowest BCUT2D eigenvalue weighted by molar-refractivity contribution is -0.160. The van der Waals surface area contributed by atoms with E-state index in [0.29, 0.717) is 16.7 Å². The van der Waals surface area contributed by atoms with Crippen LogP contribution in [0.5, 0.6) is 0 Å². The molecule has 1 N–H and O–H groups in total. The summed E-state index contributed by atoms with van der Waals surface area (Å²) in [7, 11) is 0. The second-order valence-electron chi connectivity index (χ2n) is 9.99. The van der Waals surface area contributed by atoms with Gasteiger partial charge in [0.05, 0.1) is 11.3 Å². The van der Waals surface area contributed by atoms with E-state index >= 15 is 0 Å². The van der Waals surface area contributed by atoms with Crippen molar-refractivity contribution in [3.05, 3.63) is 47.8 Å². The first-order valence-electron chi connectivity index (χ1n) is 10.7. The number of aryl methyl sites for hydroxylation is 1. The molecule has 1 aliphatic rings. The van der Waals surface area contributed by atoms with Gasteiger partial charge in [0.1, 0.15) is 0 Å². The molecule has 30 heavy (non-hydrogen) atoms. The van der Waals surface area contributed by atoms with E-state index in [1.165, 1.54) is 0 Å². The van der Waals surface area contributed by atoms with Gasteiger partial charge in [-0.15, -0.1) is 0 Å². The van der Waals surface area contributed by atoms with Crippen molar-refractivity contribution in [1.29, 1.82) is 0 Å². The van der Waals surface area contributed by atoms with E-state index in [9.17, 15) is 9.90 Å². The van der Waals surface area contributed by atoms with Crippen molar-refractivity contribution in [3.63, 3.8) is 0 Å². The van der Waals surface area contributed by atoms with Gasteiger partial charge in [0.15, 0.2) is 6.10 Å². The molecule has 1 aromatic carbocycles. The number of hydrogen-bond acceptors (Lipinski definition) is 4. The molecule has 0 amide bonds. The van der Waals surface area contributed by atoms with Gasteiger partial charge in [-0.05, 0) is 51.5 Å². The molecule has 1 aliphatic heterocycles. The number of anilines is 1. The van der Waals surface area contributed by atoms with Gasteiger partial charge in [0.25, 0.3) is 0 Å². The third-order valence-electron chi connectivity index (χ3n) is 5.76. The smallest absolute Gasteiger partial charge is 0.337 e. The van der Waals surface area contributed by atoms with Crippen LogP contribution in [-0.4, -0.2) is 34.8 Å². The van der Waals surface area contributed by atoms with Crippen LogP contribution in [0.25, 0.3) is 11.1 Å². The fourth-order valence-corrected chi connectivity index (χ4v) is 4.01. The van der Waals surface area contributed by atoms with Crippen molar-refractivity contribution in [1.82, 2.24) is 4.98 Å². The highest BCUT2D eigenvalue weighted by molar-refractivity contribution is 5.86. The first-order chi connectivity index (χ1) is 14.0. The highest BCUT2D eigenvalue weighted by atomic mass is 16.5. The zero-order valence-corrected chi connectivity index (χ0v) is 19.0. The third kappa shape index (κ3) is 5.01. The minimum Gasteiger partial charge on any atom is -0.479 e. The van der Waals surface area contributed by atoms with E-state index in [0.717, 1.165) is 42.7 Å². The maximum atomic E-state index is 12.3. The molecular weight excluding hydrogens is 376 g/mol. The van der Waals surface area contributed by atoms with Gasteiger partial charge >= 0.3 is 5.97 Å². The highest BCUT2D eigenvalue weighted by Gasteiger charge is 2.35. The van der Waals surface area contributed by atoms with Crippen molar-refractivity contribution in [2.45, 2.75) is 66.1 Å². The molecule has 2 aromatic rings. The molecule has 2 heterocycles. The minimum atomic E-state index is -1.08. The molecule has 162 valence electrons. The molecule has 0 aliphatic carbocycles. The highest BCUT2D eigenvalue weighted by Crippen LogP contribution is 2.43. The number of ether oxygens (including phenoxy) is 1. The van der Waals surface area contributed by atoms with E-state index < -0.39 is 17.7 Å². The summed E-state index contributed by atoms with van der Waals surface area (Å²) in [6.07, 6.45) is 2.91. The molecule has 0 bridgehead atoms. The zero-order chi connectivity index (χ0) is 22.1. The first kappa shape index (κ1) is 22.3. The molecule has 5 heteroatoms. The number of hydrogen-bond donors (Lipinski definition) is 1. The molecule has 0 spiro atoms. The molecule has 1 aromatic heterocycles. The van der Waals surface area contributed by atoms with Crippen molar-refractivity contribution in [2.24, 2.45) is 5.41 Å². The second kappa shape index (κ2) is 8.38. The standard InChI is InChI=1S/C25H34N2O3/c1-17-20(22(23(28)29)30-24(2,3)4)21(27-14-12-25(5,6)13-15-27)19(16-26-17)18-10-8-7-9-11-18/h7-11,16,22H,12-15H2,1-6H3,(H,28,29)/t22-/m0/s1. The number of carbonyl (C=O) groups is 1. The molecular formula is C25H34N2O3. The molecule has 0 radical (unpaired) electrons. The summed E-state index contributed by atoms with van der Waals surface area (Å²) in [5.41, 5.74) is 4.00. The Morgan fingerprint density at radius 1 is 1.17 bits per heavy atom. The van der Waals surface area contributed by atoms with Crippen LogP contribution in [0.4, 0.5) is 5.69 Å². The fraction of sp³-hybridized carbons (Fsp3) is 0.520. The monoisotopic (exact) mass is 410 g/mol. The van der Waals surface area contributed by atoms with Gasteiger partial charge in [0, 0.05) is 36.1 Å². The minimum absolute atomic E-state index is 0.291. The van der Waals surface area contributed by atoms with Crippen LogP contribution in [-0.2, 0) is 9.53 Å². The summed E-state index contributed by atoms with van der Waals surface area (Å²) < 4.78 is 6.06. The maximum Gasteiger partial charge on any atom is 0.337 e. The largest absolute Gasteiger partial charge is 0.479 e. The number of pyridine rings is 1.